The highest BCUT2D eigenvalue weighted by molar-refractivity contribution is 7.17. The van der Waals surface area contributed by atoms with Crippen molar-refractivity contribution in [1.82, 2.24) is 10.2 Å². The maximum absolute atomic E-state index is 12.7. The Balaban J connectivity index is 1.43. The zero-order valence-corrected chi connectivity index (χ0v) is 18.7. The number of fused-ring (bicyclic) bond motifs is 2. The molecule has 2 heterocycles. The van der Waals surface area contributed by atoms with Gasteiger partial charge in [-0.1, -0.05) is 30.3 Å². The molecule has 0 atom stereocenters. The Morgan fingerprint density at radius 3 is 2.64 bits per heavy atom. The van der Waals surface area contributed by atoms with Gasteiger partial charge in [-0.25, -0.2) is 9.59 Å². The monoisotopic (exact) mass is 467 g/mol. The summed E-state index contributed by atoms with van der Waals surface area (Å²) < 4.78 is 0. The number of primary amides is 1. The maximum atomic E-state index is 12.7. The van der Waals surface area contributed by atoms with Crippen LogP contribution in [0, 0.1) is 0 Å². The molecule has 2 aromatic carbocycles. The molecule has 6 N–H and O–H groups in total. The first-order chi connectivity index (χ1) is 15.9. The van der Waals surface area contributed by atoms with Crippen LogP contribution in [0.4, 0.5) is 20.3 Å². The Bertz CT molecular complexity index is 1210. The van der Waals surface area contributed by atoms with Crippen LogP contribution >= 0.6 is 11.3 Å². The van der Waals surface area contributed by atoms with Gasteiger partial charge in [0.2, 0.25) is 0 Å². The van der Waals surface area contributed by atoms with Gasteiger partial charge in [-0.3, -0.25) is 15.0 Å². The predicted molar refractivity (Wildman–Crippen MR) is 129 cm³/mol. The van der Waals surface area contributed by atoms with Crippen LogP contribution in [0.2, 0.25) is 0 Å². The second-order valence-electron chi connectivity index (χ2n) is 7.82. The first-order valence-corrected chi connectivity index (χ1v) is 11.4. The van der Waals surface area contributed by atoms with E-state index in [1.165, 1.54) is 11.3 Å². The molecular formula is C23H25N5O4S. The average molecular weight is 468 g/mol. The number of benzene rings is 2. The summed E-state index contributed by atoms with van der Waals surface area (Å²) in [6, 6.07) is 13.1. The molecule has 172 valence electrons. The number of anilines is 2. The van der Waals surface area contributed by atoms with E-state index in [9.17, 15) is 14.4 Å². The van der Waals surface area contributed by atoms with Crippen LogP contribution in [-0.2, 0) is 13.0 Å². The summed E-state index contributed by atoms with van der Waals surface area (Å²) in [6.07, 6.45) is 0.303. The summed E-state index contributed by atoms with van der Waals surface area (Å²) in [5.74, 6) is -0.562. The second kappa shape index (κ2) is 9.88. The number of hydrogen-bond donors (Lipinski definition) is 5. The van der Waals surface area contributed by atoms with E-state index in [1.54, 1.807) is 0 Å². The van der Waals surface area contributed by atoms with Gasteiger partial charge in [0.05, 0.1) is 5.56 Å². The third-order valence-corrected chi connectivity index (χ3v) is 6.68. The van der Waals surface area contributed by atoms with Crippen LogP contribution < -0.4 is 21.7 Å². The van der Waals surface area contributed by atoms with Crippen molar-refractivity contribution >= 4 is 50.8 Å². The molecule has 4 amide bonds. The van der Waals surface area contributed by atoms with Crippen LogP contribution in [0.25, 0.3) is 10.8 Å². The summed E-state index contributed by atoms with van der Waals surface area (Å²) in [4.78, 5) is 38.6. The third-order valence-electron chi connectivity index (χ3n) is 5.54. The van der Waals surface area contributed by atoms with Gasteiger partial charge < -0.3 is 21.5 Å². The standard InChI is InChI=1S/C23H25N5O4S/c24-20(29)19-17-8-11-28(10-3-9-25-23(31)32)13-18(17)33-21(19)27-22(30)26-16-7-6-14-4-1-2-5-15(14)12-16/h1-2,4-7,12,25H,3,8-11,13H2,(H2,24,29)(H,31,32)(H2,26,27,30). The number of carbonyl (C=O) groups excluding carboxylic acids is 2. The molecule has 33 heavy (non-hydrogen) atoms. The van der Waals surface area contributed by atoms with Crippen molar-refractivity contribution in [3.63, 3.8) is 0 Å². The van der Waals surface area contributed by atoms with Gasteiger partial charge in [0.15, 0.2) is 0 Å². The largest absolute Gasteiger partial charge is 0.465 e. The minimum absolute atomic E-state index is 0.371. The molecule has 0 saturated heterocycles. The Hall–Kier alpha value is -3.63. The third kappa shape index (κ3) is 5.41. The molecule has 1 aliphatic rings. The van der Waals surface area contributed by atoms with Gasteiger partial charge in [-0.15, -0.1) is 11.3 Å². The van der Waals surface area contributed by atoms with Crippen molar-refractivity contribution in [1.29, 1.82) is 0 Å². The number of nitrogens with zero attached hydrogens (tertiary/aromatic N) is 1. The van der Waals surface area contributed by atoms with Crippen LogP contribution in [0.1, 0.15) is 27.2 Å². The molecule has 0 unspecified atom stereocenters. The topological polar surface area (TPSA) is 137 Å². The van der Waals surface area contributed by atoms with Crippen molar-refractivity contribution < 1.29 is 19.5 Å². The summed E-state index contributed by atoms with van der Waals surface area (Å²) >= 11 is 1.36. The van der Waals surface area contributed by atoms with E-state index in [1.807, 2.05) is 42.5 Å². The van der Waals surface area contributed by atoms with Crippen LogP contribution in [0.3, 0.4) is 0 Å². The molecule has 10 heteroatoms. The van der Waals surface area contributed by atoms with E-state index in [-0.39, 0.29) is 0 Å². The molecule has 1 aromatic heterocycles. The molecule has 4 rings (SSSR count). The summed E-state index contributed by atoms with van der Waals surface area (Å²) in [6.45, 7) is 2.48. The number of carboxylic acid groups (broad SMARTS) is 1. The van der Waals surface area contributed by atoms with E-state index < -0.39 is 18.0 Å². The number of nitrogens with one attached hydrogen (secondary N) is 3. The van der Waals surface area contributed by atoms with E-state index >= 15 is 0 Å². The van der Waals surface area contributed by atoms with Crippen molar-refractivity contribution in [3.8, 4) is 0 Å². The van der Waals surface area contributed by atoms with Crippen molar-refractivity contribution in [2.75, 3.05) is 30.3 Å². The first-order valence-electron chi connectivity index (χ1n) is 10.6. The van der Waals surface area contributed by atoms with Gasteiger partial charge in [0.1, 0.15) is 5.00 Å². The van der Waals surface area contributed by atoms with E-state index in [4.69, 9.17) is 10.8 Å². The lowest BCUT2D eigenvalue weighted by Crippen LogP contribution is -2.33. The lowest BCUT2D eigenvalue weighted by molar-refractivity contribution is 0.0999. The summed E-state index contributed by atoms with van der Waals surface area (Å²) in [5, 5.41) is 19.2. The SMILES string of the molecule is NC(=O)c1c(NC(=O)Nc2ccc3ccccc3c2)sc2c1CCN(CCCNC(=O)O)C2. The lowest BCUT2D eigenvalue weighted by Gasteiger charge is -2.26. The number of carbonyl (C=O) groups is 3. The van der Waals surface area contributed by atoms with Crippen molar-refractivity contribution in [2.24, 2.45) is 5.73 Å². The van der Waals surface area contributed by atoms with Gasteiger partial charge in [0.25, 0.3) is 5.91 Å². The number of thiophene rings is 1. The number of amides is 4. The fraction of sp³-hybridized carbons (Fsp3) is 0.261. The van der Waals surface area contributed by atoms with Crippen molar-refractivity contribution in [2.45, 2.75) is 19.4 Å². The molecule has 0 spiro atoms. The average Bonchev–Trinajstić information content (AvgIpc) is 3.13. The second-order valence-corrected chi connectivity index (χ2v) is 8.93. The fourth-order valence-corrected chi connectivity index (χ4v) is 5.32. The highest BCUT2D eigenvalue weighted by Crippen LogP contribution is 2.37. The minimum atomic E-state index is -1.03. The Morgan fingerprint density at radius 2 is 1.88 bits per heavy atom. The smallest absolute Gasteiger partial charge is 0.404 e. The minimum Gasteiger partial charge on any atom is -0.465 e. The lowest BCUT2D eigenvalue weighted by atomic mass is 10.0. The number of rotatable bonds is 7. The zero-order valence-electron chi connectivity index (χ0n) is 17.9. The van der Waals surface area contributed by atoms with Crippen molar-refractivity contribution in [3.05, 3.63) is 58.5 Å². The molecule has 9 nitrogen and oxygen atoms in total. The van der Waals surface area contributed by atoms with Gasteiger partial charge in [-0.2, -0.15) is 0 Å². The summed E-state index contributed by atoms with van der Waals surface area (Å²) in [5.41, 5.74) is 7.55. The van der Waals surface area contributed by atoms with Crippen LogP contribution in [0.15, 0.2) is 42.5 Å². The molecule has 0 saturated carbocycles. The number of urea groups is 1. The number of hydrogen-bond acceptors (Lipinski definition) is 5. The number of nitrogens with two attached hydrogens (primary N) is 1. The van der Waals surface area contributed by atoms with Gasteiger partial charge >= 0.3 is 12.1 Å². The normalized spacial score (nSPS) is 13.3. The highest BCUT2D eigenvalue weighted by Gasteiger charge is 2.27. The van der Waals surface area contributed by atoms with E-state index in [2.05, 4.69) is 20.9 Å². The Kier molecular flexibility index (Phi) is 6.76. The molecule has 0 fully saturated rings. The molecule has 3 aromatic rings. The highest BCUT2D eigenvalue weighted by atomic mass is 32.1. The van der Waals surface area contributed by atoms with Crippen LogP contribution in [-0.4, -0.2) is 47.7 Å². The van der Waals surface area contributed by atoms with Gasteiger partial charge in [0, 0.05) is 36.7 Å². The molecule has 0 radical (unpaired) electrons. The maximum Gasteiger partial charge on any atom is 0.404 e. The molecular weight excluding hydrogens is 442 g/mol. The fourth-order valence-electron chi connectivity index (χ4n) is 4.03. The van der Waals surface area contributed by atoms with E-state index in [0.29, 0.717) is 42.2 Å². The molecule has 0 aliphatic carbocycles. The predicted octanol–water partition coefficient (Wildman–Crippen LogP) is 3.66. The van der Waals surface area contributed by atoms with Crippen LogP contribution in [0.5, 0.6) is 0 Å². The van der Waals surface area contributed by atoms with Gasteiger partial charge in [-0.05, 0) is 41.3 Å². The Morgan fingerprint density at radius 1 is 1.09 bits per heavy atom. The summed E-state index contributed by atoms with van der Waals surface area (Å²) in [7, 11) is 0. The quantitative estimate of drug-likeness (QED) is 0.338. The Labute approximate surface area is 194 Å². The van der Waals surface area contributed by atoms with E-state index in [0.717, 1.165) is 34.3 Å². The molecule has 0 bridgehead atoms. The first kappa shape index (κ1) is 22.6. The molecule has 1 aliphatic heterocycles. The zero-order chi connectivity index (χ0) is 23.4.